The van der Waals surface area contributed by atoms with Crippen LogP contribution in [0.2, 0.25) is 0 Å². The molecule has 9 heteroatoms. The van der Waals surface area contributed by atoms with E-state index in [-0.39, 0.29) is 17.9 Å². The third kappa shape index (κ3) is 2.87. The lowest BCUT2D eigenvalue weighted by Gasteiger charge is -2.41. The normalized spacial score (nSPS) is 29.9. The van der Waals surface area contributed by atoms with Crippen molar-refractivity contribution in [3.05, 3.63) is 42.4 Å². The van der Waals surface area contributed by atoms with Gasteiger partial charge in [0.2, 0.25) is 0 Å². The molecule has 28 heavy (non-hydrogen) atoms. The molecule has 0 radical (unpaired) electrons. The molecular formula is C19H25N5O4. The molecule has 150 valence electrons. The third-order valence-electron chi connectivity index (χ3n) is 5.28. The zero-order valence-corrected chi connectivity index (χ0v) is 15.7. The Morgan fingerprint density at radius 1 is 1.21 bits per heavy atom. The van der Waals surface area contributed by atoms with E-state index in [9.17, 15) is 15.3 Å². The van der Waals surface area contributed by atoms with Crippen molar-refractivity contribution in [2.45, 2.75) is 44.6 Å². The lowest BCUT2D eigenvalue weighted by Crippen LogP contribution is -2.52. The summed E-state index contributed by atoms with van der Waals surface area (Å²) >= 11 is 0. The molecule has 1 aromatic heterocycles. The van der Waals surface area contributed by atoms with Crippen LogP contribution < -0.4 is 10.2 Å². The molecule has 0 bridgehead atoms. The molecule has 1 unspecified atom stereocenters. The van der Waals surface area contributed by atoms with E-state index in [2.05, 4.69) is 24.1 Å². The number of hydrogen-bond acceptors (Lipinski definition) is 7. The fraction of sp³-hybridized carbons (Fsp3) is 0.474. The van der Waals surface area contributed by atoms with Crippen LogP contribution in [0, 0.1) is 11.3 Å². The molecule has 2 aliphatic heterocycles. The number of fused-ring (bicyclic) bond motifs is 1. The molecule has 1 saturated heterocycles. The molecule has 0 amide bonds. The molecule has 1 fully saturated rings. The first kappa shape index (κ1) is 18.9. The van der Waals surface area contributed by atoms with Crippen LogP contribution in [0.15, 0.2) is 36.7 Å². The third-order valence-corrected chi connectivity index (χ3v) is 5.28. The predicted molar refractivity (Wildman–Crippen MR) is 103 cm³/mol. The second-order valence-corrected chi connectivity index (χ2v) is 7.47. The van der Waals surface area contributed by atoms with Crippen LogP contribution in [-0.4, -0.2) is 61.8 Å². The van der Waals surface area contributed by atoms with Gasteiger partial charge in [-0.25, -0.2) is 4.98 Å². The van der Waals surface area contributed by atoms with E-state index in [1.165, 1.54) is 6.33 Å². The Morgan fingerprint density at radius 2 is 1.93 bits per heavy atom. The Balaban J connectivity index is 1.73. The number of anilines is 2. The Hall–Kier alpha value is -2.46. The SMILES string of the molecule is CC(C)C1Nc2c(ncn2[C@@H]2O[C@H](CO)[C@@H](O)[C@H]2O)C(=N)N1c1ccccc1. The van der Waals surface area contributed by atoms with Crippen LogP contribution >= 0.6 is 0 Å². The van der Waals surface area contributed by atoms with Crippen LogP contribution in [0.5, 0.6) is 0 Å². The summed E-state index contributed by atoms with van der Waals surface area (Å²) in [4.78, 5) is 6.25. The minimum Gasteiger partial charge on any atom is -0.394 e. The van der Waals surface area contributed by atoms with Gasteiger partial charge in [0.25, 0.3) is 0 Å². The summed E-state index contributed by atoms with van der Waals surface area (Å²) in [5.74, 6) is 0.942. The fourth-order valence-corrected chi connectivity index (χ4v) is 3.78. The number of hydrogen-bond donors (Lipinski definition) is 5. The number of nitrogens with zero attached hydrogens (tertiary/aromatic N) is 3. The van der Waals surface area contributed by atoms with E-state index >= 15 is 0 Å². The average Bonchev–Trinajstić information content (AvgIpc) is 3.24. The number of imidazole rings is 1. The highest BCUT2D eigenvalue weighted by molar-refractivity contribution is 6.11. The van der Waals surface area contributed by atoms with Gasteiger partial charge in [-0.1, -0.05) is 32.0 Å². The van der Waals surface area contributed by atoms with Crippen molar-refractivity contribution in [2.75, 3.05) is 16.8 Å². The van der Waals surface area contributed by atoms with Crippen molar-refractivity contribution in [1.82, 2.24) is 9.55 Å². The number of rotatable bonds is 4. The van der Waals surface area contributed by atoms with Gasteiger partial charge in [-0.3, -0.25) is 9.98 Å². The summed E-state index contributed by atoms with van der Waals surface area (Å²) in [6.45, 7) is 3.71. The molecule has 5 atom stereocenters. The first-order chi connectivity index (χ1) is 13.4. The van der Waals surface area contributed by atoms with E-state index in [0.29, 0.717) is 11.5 Å². The molecule has 0 aliphatic carbocycles. The standard InChI is InChI=1S/C19H25N5O4/c1-10(2)17-22-18-13(16(20)24(17)11-6-4-3-5-7-11)21-9-23(18)19-15(27)14(26)12(8-25)28-19/h3-7,9-10,12,14-15,17,19-20,22,25-27H,8H2,1-2H3/t12-,14-,15-,17?,19-/m1/s1. The van der Waals surface area contributed by atoms with Crippen LogP contribution in [0.3, 0.4) is 0 Å². The van der Waals surface area contributed by atoms with Crippen molar-refractivity contribution in [3.63, 3.8) is 0 Å². The van der Waals surface area contributed by atoms with Crippen LogP contribution in [0.25, 0.3) is 0 Å². The first-order valence-electron chi connectivity index (χ1n) is 9.33. The molecule has 4 rings (SSSR count). The average molecular weight is 387 g/mol. The number of amidine groups is 1. The highest BCUT2D eigenvalue weighted by atomic mass is 16.6. The highest BCUT2D eigenvalue weighted by Gasteiger charge is 2.45. The summed E-state index contributed by atoms with van der Waals surface area (Å²) in [6, 6.07) is 9.66. The van der Waals surface area contributed by atoms with Gasteiger partial charge in [0.1, 0.15) is 36.0 Å². The van der Waals surface area contributed by atoms with E-state index in [0.717, 1.165) is 5.69 Å². The second-order valence-electron chi connectivity index (χ2n) is 7.47. The smallest absolute Gasteiger partial charge is 0.165 e. The van der Waals surface area contributed by atoms with Crippen molar-refractivity contribution in [3.8, 4) is 0 Å². The molecule has 0 spiro atoms. The van der Waals surface area contributed by atoms with Crippen LogP contribution in [0.4, 0.5) is 11.5 Å². The number of ether oxygens (including phenoxy) is 1. The second kappa shape index (κ2) is 7.17. The predicted octanol–water partition coefficient (Wildman–Crippen LogP) is 0.734. The Kier molecular flexibility index (Phi) is 4.84. The molecular weight excluding hydrogens is 362 g/mol. The molecule has 1 aromatic carbocycles. The quantitative estimate of drug-likeness (QED) is 0.523. The molecule has 3 heterocycles. The van der Waals surface area contributed by atoms with E-state index in [1.807, 2.05) is 35.2 Å². The van der Waals surface area contributed by atoms with Gasteiger partial charge in [0.15, 0.2) is 12.1 Å². The monoisotopic (exact) mass is 387 g/mol. The minimum atomic E-state index is -1.21. The van der Waals surface area contributed by atoms with Crippen molar-refractivity contribution in [1.29, 1.82) is 5.41 Å². The van der Waals surface area contributed by atoms with Crippen molar-refractivity contribution >= 4 is 17.3 Å². The van der Waals surface area contributed by atoms with Gasteiger partial charge >= 0.3 is 0 Å². The van der Waals surface area contributed by atoms with Gasteiger partial charge < -0.3 is 30.3 Å². The minimum absolute atomic E-state index is 0.155. The number of aliphatic hydroxyl groups excluding tert-OH is 3. The van der Waals surface area contributed by atoms with E-state index in [4.69, 9.17) is 10.1 Å². The number of para-hydroxylation sites is 1. The summed E-state index contributed by atoms with van der Waals surface area (Å²) in [6.07, 6.45) is -2.91. The molecule has 2 aliphatic rings. The molecule has 9 nitrogen and oxygen atoms in total. The van der Waals surface area contributed by atoms with Gasteiger partial charge in [0.05, 0.1) is 12.9 Å². The van der Waals surface area contributed by atoms with E-state index in [1.54, 1.807) is 4.57 Å². The summed E-state index contributed by atoms with van der Waals surface area (Å²) in [5, 5.41) is 42.0. The maximum absolute atomic E-state index is 10.4. The first-order valence-corrected chi connectivity index (χ1v) is 9.33. The number of nitrogens with one attached hydrogen (secondary N) is 2. The van der Waals surface area contributed by atoms with Crippen molar-refractivity contribution < 1.29 is 20.1 Å². The zero-order valence-electron chi connectivity index (χ0n) is 15.7. The van der Waals surface area contributed by atoms with E-state index < -0.39 is 31.1 Å². The van der Waals surface area contributed by atoms with Crippen LogP contribution in [0.1, 0.15) is 25.8 Å². The summed E-state index contributed by atoms with van der Waals surface area (Å²) in [7, 11) is 0. The topological polar surface area (TPSA) is 127 Å². The molecule has 2 aromatic rings. The number of aromatic nitrogens is 2. The van der Waals surface area contributed by atoms with Gasteiger partial charge in [0, 0.05) is 5.69 Å². The Bertz CT molecular complexity index is 855. The van der Waals surface area contributed by atoms with Gasteiger partial charge in [-0.2, -0.15) is 0 Å². The van der Waals surface area contributed by atoms with Gasteiger partial charge in [-0.15, -0.1) is 0 Å². The Labute approximate surface area is 162 Å². The van der Waals surface area contributed by atoms with Gasteiger partial charge in [-0.05, 0) is 18.1 Å². The maximum atomic E-state index is 10.4. The lowest BCUT2D eigenvalue weighted by atomic mass is 10.1. The summed E-state index contributed by atoms with van der Waals surface area (Å²) in [5.41, 5.74) is 1.31. The summed E-state index contributed by atoms with van der Waals surface area (Å²) < 4.78 is 7.23. The molecule has 5 N–H and O–H groups in total. The largest absolute Gasteiger partial charge is 0.394 e. The lowest BCUT2D eigenvalue weighted by molar-refractivity contribution is -0.0519. The van der Waals surface area contributed by atoms with Crippen molar-refractivity contribution in [2.24, 2.45) is 5.92 Å². The zero-order chi connectivity index (χ0) is 20.0. The van der Waals surface area contributed by atoms with Crippen LogP contribution in [-0.2, 0) is 4.74 Å². The number of benzene rings is 1. The Morgan fingerprint density at radius 3 is 2.54 bits per heavy atom. The molecule has 0 saturated carbocycles. The number of aliphatic hydroxyl groups is 3. The maximum Gasteiger partial charge on any atom is 0.165 e. The highest BCUT2D eigenvalue weighted by Crippen LogP contribution is 2.37. The fourth-order valence-electron chi connectivity index (χ4n) is 3.78.